The van der Waals surface area contributed by atoms with Gasteiger partial charge in [-0.15, -0.1) is 0 Å². The van der Waals surface area contributed by atoms with Crippen LogP contribution in [0.3, 0.4) is 0 Å². The summed E-state index contributed by atoms with van der Waals surface area (Å²) in [5.41, 5.74) is 16.4. The first-order valence-electron chi connectivity index (χ1n) is 23.9. The molecule has 0 atom stereocenters. The van der Waals surface area contributed by atoms with E-state index in [0.717, 1.165) is 0 Å². The van der Waals surface area contributed by atoms with Gasteiger partial charge in [0.2, 0.25) is 0 Å². The Morgan fingerprint density at radius 3 is 1.54 bits per heavy atom. The third-order valence-electron chi connectivity index (χ3n) is 15.5. The third kappa shape index (κ3) is 4.76. The Morgan fingerprint density at radius 1 is 0.313 bits per heavy atom. The molecule has 0 bridgehead atoms. The van der Waals surface area contributed by atoms with E-state index in [2.05, 4.69) is 231 Å². The Labute approximate surface area is 387 Å². The fourth-order valence-electron chi connectivity index (χ4n) is 12.4. The van der Waals surface area contributed by atoms with Crippen molar-refractivity contribution in [3.8, 4) is 16.8 Å². The van der Waals surface area contributed by atoms with Gasteiger partial charge in [-0.05, 0) is 128 Å². The molecule has 0 fully saturated rings. The zero-order chi connectivity index (χ0) is 44.8. The number of para-hydroxylation sites is 2. The number of nitrogens with zero attached hydrogens (tertiary/aromatic N) is 3. The lowest BCUT2D eigenvalue weighted by molar-refractivity contribution is 0.591. The molecule has 5 aromatic heterocycles. The van der Waals surface area contributed by atoms with Gasteiger partial charge in [0.1, 0.15) is 0 Å². The quantitative estimate of drug-likeness (QED) is 0.164. The van der Waals surface area contributed by atoms with Crippen LogP contribution >= 0.6 is 0 Å². The van der Waals surface area contributed by atoms with Gasteiger partial charge >= 0.3 is 0 Å². The minimum atomic E-state index is -0.0700. The highest BCUT2D eigenvalue weighted by Gasteiger charge is 2.30. The normalized spacial score (nSPS) is 13.2. The zero-order valence-electron chi connectivity index (χ0n) is 38.6. The molecule has 15 rings (SSSR count). The van der Waals surface area contributed by atoms with Crippen LogP contribution in [0.25, 0.3) is 136 Å². The fourth-order valence-corrected chi connectivity index (χ4v) is 12.4. The first-order chi connectivity index (χ1) is 32.5. The maximum Gasteiger partial charge on any atom is 0.0626 e. The van der Waals surface area contributed by atoms with E-state index >= 15 is 0 Å². The number of fused-ring (bicyclic) bond motifs is 19. The topological polar surface area (TPSA) is 13.8 Å². The lowest BCUT2D eigenvalue weighted by Gasteiger charge is -2.20. The van der Waals surface area contributed by atoms with Gasteiger partial charge in [-0.3, -0.25) is 0 Å². The summed E-state index contributed by atoms with van der Waals surface area (Å²) >= 11 is 0. The molecular weight excluding hydrogens is 811 g/mol. The Hall–Kier alpha value is -7.88. The smallest absolute Gasteiger partial charge is 0.0626 e. The van der Waals surface area contributed by atoms with Crippen LogP contribution in [0.4, 0.5) is 0 Å². The van der Waals surface area contributed by atoms with Crippen LogP contribution in [0.1, 0.15) is 52.7 Å². The first-order valence-corrected chi connectivity index (χ1v) is 23.9. The van der Waals surface area contributed by atoms with Crippen molar-refractivity contribution in [1.82, 2.24) is 13.4 Å². The van der Waals surface area contributed by atoms with Crippen molar-refractivity contribution < 1.29 is 0 Å². The van der Waals surface area contributed by atoms with E-state index < -0.39 is 0 Å². The first kappa shape index (κ1) is 37.4. The van der Waals surface area contributed by atoms with Gasteiger partial charge < -0.3 is 13.4 Å². The largest absolute Gasteiger partial charge is 0.309 e. The van der Waals surface area contributed by atoms with Crippen molar-refractivity contribution >= 4 is 120 Å². The van der Waals surface area contributed by atoms with Crippen LogP contribution in [0.2, 0.25) is 0 Å². The minimum Gasteiger partial charge on any atom is -0.309 e. The molecule has 0 aliphatic rings. The van der Waals surface area contributed by atoms with Crippen molar-refractivity contribution in [3.63, 3.8) is 0 Å². The van der Waals surface area contributed by atoms with Crippen molar-refractivity contribution in [1.29, 1.82) is 0 Å². The van der Waals surface area contributed by atoms with Crippen LogP contribution in [-0.2, 0) is 10.8 Å². The average molecular weight is 858 g/mol. The van der Waals surface area contributed by atoms with Gasteiger partial charge in [0.05, 0.1) is 44.1 Å². The Kier molecular flexibility index (Phi) is 6.97. The maximum atomic E-state index is 2.66. The molecule has 0 unspecified atom stereocenters. The van der Waals surface area contributed by atoms with Gasteiger partial charge in [0.15, 0.2) is 0 Å². The number of rotatable bonds is 2. The van der Waals surface area contributed by atoms with E-state index in [1.165, 1.54) is 147 Å². The van der Waals surface area contributed by atoms with Gasteiger partial charge in [-0.1, -0.05) is 139 Å². The third-order valence-corrected chi connectivity index (χ3v) is 15.5. The van der Waals surface area contributed by atoms with E-state index in [0.29, 0.717) is 0 Å². The monoisotopic (exact) mass is 857 g/mol. The van der Waals surface area contributed by atoms with Crippen molar-refractivity contribution in [2.45, 2.75) is 52.4 Å². The van der Waals surface area contributed by atoms with Gasteiger partial charge in [0.25, 0.3) is 0 Å². The summed E-state index contributed by atoms with van der Waals surface area (Å²) in [6, 6.07) is 66.9. The lowest BCUT2D eigenvalue weighted by atomic mass is 9.84. The van der Waals surface area contributed by atoms with E-state index in [4.69, 9.17) is 0 Å². The van der Waals surface area contributed by atoms with Gasteiger partial charge in [-0.25, -0.2) is 0 Å². The number of benzene rings is 10. The zero-order valence-corrected chi connectivity index (χ0v) is 38.6. The van der Waals surface area contributed by atoms with Crippen molar-refractivity contribution in [2.75, 3.05) is 0 Å². The highest BCUT2D eigenvalue weighted by molar-refractivity contribution is 6.38. The molecule has 67 heavy (non-hydrogen) atoms. The Morgan fingerprint density at radius 2 is 0.821 bits per heavy atom. The van der Waals surface area contributed by atoms with E-state index in [1.807, 2.05) is 0 Å². The summed E-state index contributed by atoms with van der Waals surface area (Å²) in [6.07, 6.45) is 0. The summed E-state index contributed by atoms with van der Waals surface area (Å²) in [4.78, 5) is 0. The van der Waals surface area contributed by atoms with Crippen LogP contribution < -0.4 is 0 Å². The predicted octanol–water partition coefficient (Wildman–Crippen LogP) is 17.7. The van der Waals surface area contributed by atoms with Crippen LogP contribution in [-0.4, -0.2) is 13.4 Å². The predicted molar refractivity (Wildman–Crippen MR) is 288 cm³/mol. The van der Waals surface area contributed by atoms with Crippen LogP contribution in [0.15, 0.2) is 176 Å². The molecule has 0 saturated heterocycles. The summed E-state index contributed by atoms with van der Waals surface area (Å²) in [5, 5.41) is 18.3. The molecule has 0 saturated carbocycles. The van der Waals surface area contributed by atoms with Crippen LogP contribution in [0, 0.1) is 0 Å². The van der Waals surface area contributed by atoms with E-state index in [1.54, 1.807) is 0 Å². The molecule has 0 spiro atoms. The van der Waals surface area contributed by atoms with Crippen molar-refractivity contribution in [3.05, 3.63) is 187 Å². The fraction of sp³-hybridized carbons (Fsp3) is 0.125. The lowest BCUT2D eigenvalue weighted by Crippen LogP contribution is -2.10. The summed E-state index contributed by atoms with van der Waals surface area (Å²) in [5.74, 6) is 0. The second-order valence-corrected chi connectivity index (χ2v) is 21.3. The number of aromatic nitrogens is 3. The number of hydrogen-bond donors (Lipinski definition) is 0. The SMILES string of the molecule is CC(C)(C)c1cc2c3c4ccccc4ccc3n3c4ccc5c(c6cc(C(C)(C)C)cc7c8cc9ccccc9c(-c9ccc%10c(c9)c9ccccc9n%10-c9ccccc9)c8n5c76)c4c(c1)c23. The standard InChI is InChI=1S/C64H47N3/c1-63(2,3)39-32-47-46-30-37-17-11-13-21-43(37)56(38-25-26-52-45(31-38)44-22-14-15-23-51(44)65(52)41-18-8-7-9-19-41)62(46)67-55-29-28-54-58(59(55)49(34-39)60(47)67)50-35-40(64(4,5)6)33-48-57-42-20-12-10-16-36(42)24-27-53(57)66(54)61(48)50/h7-35H,1-6H3. The molecule has 318 valence electrons. The van der Waals surface area contributed by atoms with Gasteiger partial charge in [0, 0.05) is 65.1 Å². The van der Waals surface area contributed by atoms with E-state index in [-0.39, 0.29) is 10.8 Å². The molecule has 10 aromatic carbocycles. The highest BCUT2D eigenvalue weighted by Crippen LogP contribution is 2.52. The van der Waals surface area contributed by atoms with Crippen molar-refractivity contribution in [2.24, 2.45) is 0 Å². The minimum absolute atomic E-state index is 0.0459. The molecule has 0 aliphatic carbocycles. The molecule has 0 radical (unpaired) electrons. The summed E-state index contributed by atoms with van der Waals surface area (Å²) in [7, 11) is 0. The number of hydrogen-bond acceptors (Lipinski definition) is 0. The molecule has 3 nitrogen and oxygen atoms in total. The second kappa shape index (κ2) is 12.5. The molecule has 0 amide bonds. The summed E-state index contributed by atoms with van der Waals surface area (Å²) < 4.78 is 7.67. The molecule has 5 heterocycles. The Balaban J connectivity index is 1.14. The molecule has 15 aromatic rings. The Bertz CT molecular complexity index is 4620. The second-order valence-electron chi connectivity index (χ2n) is 21.3. The van der Waals surface area contributed by atoms with Gasteiger partial charge in [-0.2, -0.15) is 0 Å². The highest BCUT2D eigenvalue weighted by atomic mass is 15.0. The average Bonchev–Trinajstić information content (AvgIpc) is 4.13. The van der Waals surface area contributed by atoms with Crippen LogP contribution in [0.5, 0.6) is 0 Å². The molecule has 0 N–H and O–H groups in total. The van der Waals surface area contributed by atoms with E-state index in [9.17, 15) is 0 Å². The summed E-state index contributed by atoms with van der Waals surface area (Å²) in [6.45, 7) is 14.2. The molecular formula is C64H47N3. The molecule has 0 aliphatic heterocycles. The maximum absolute atomic E-state index is 2.66. The molecule has 3 heteroatoms.